The number of nitrogens with one attached hydrogen (secondary N) is 2. The van der Waals surface area contributed by atoms with Gasteiger partial charge in [0.2, 0.25) is 21.1 Å². The molecule has 3 rings (SSSR count). The van der Waals surface area contributed by atoms with E-state index in [0.29, 0.717) is 41.4 Å². The lowest BCUT2D eigenvalue weighted by atomic mass is 10.3. The van der Waals surface area contributed by atoms with Crippen LogP contribution >= 0.6 is 23.1 Å². The van der Waals surface area contributed by atoms with Crippen LogP contribution in [0.2, 0.25) is 0 Å². The number of ether oxygens (including phenoxy) is 1. The summed E-state index contributed by atoms with van der Waals surface area (Å²) in [7, 11) is -1.89. The lowest BCUT2D eigenvalue weighted by Gasteiger charge is -2.16. The average molecular weight is 458 g/mol. The molecule has 0 radical (unpaired) electrons. The third-order valence-electron chi connectivity index (χ3n) is 4.14. The Morgan fingerprint density at radius 2 is 2.10 bits per heavy atom. The van der Waals surface area contributed by atoms with Crippen molar-refractivity contribution in [2.75, 3.05) is 49.7 Å². The predicted molar refractivity (Wildman–Crippen MR) is 114 cm³/mol. The third-order valence-corrected chi connectivity index (χ3v) is 8.05. The molecule has 2 heterocycles. The van der Waals surface area contributed by atoms with Gasteiger partial charge in [-0.25, -0.2) is 8.42 Å². The van der Waals surface area contributed by atoms with Crippen LogP contribution in [-0.2, 0) is 19.6 Å². The van der Waals surface area contributed by atoms with Gasteiger partial charge < -0.3 is 15.4 Å². The number of hydrogen-bond donors (Lipinski definition) is 2. The van der Waals surface area contributed by atoms with E-state index in [0.717, 1.165) is 12.8 Å². The highest BCUT2D eigenvalue weighted by Gasteiger charge is 2.27. The van der Waals surface area contributed by atoms with Crippen LogP contribution in [0, 0.1) is 0 Å². The average Bonchev–Trinajstić information content (AvgIpc) is 3.39. The fourth-order valence-corrected chi connectivity index (χ4v) is 5.88. The van der Waals surface area contributed by atoms with E-state index in [2.05, 4.69) is 20.8 Å². The Bertz CT molecular complexity index is 929. The molecule has 0 aliphatic carbocycles. The number of sulfonamides is 1. The maximum Gasteiger partial charge on any atom is 0.243 e. The molecule has 1 amide bonds. The number of anilines is 2. The topological polar surface area (TPSA) is 114 Å². The maximum absolute atomic E-state index is 12.7. The Kier molecular flexibility index (Phi) is 7.84. The van der Waals surface area contributed by atoms with E-state index < -0.39 is 10.0 Å². The molecule has 0 spiro atoms. The van der Waals surface area contributed by atoms with Crippen molar-refractivity contribution >= 4 is 49.8 Å². The van der Waals surface area contributed by atoms with Crippen molar-refractivity contribution in [1.82, 2.24) is 14.5 Å². The SMILES string of the molecule is COCCNc1nnc(SCC(=O)Nc2cccc(S(=O)(=O)N3CCCC3)c2)s1. The van der Waals surface area contributed by atoms with Crippen LogP contribution in [0.15, 0.2) is 33.5 Å². The summed E-state index contributed by atoms with van der Waals surface area (Å²) in [6.45, 7) is 2.28. The lowest BCUT2D eigenvalue weighted by molar-refractivity contribution is -0.113. The maximum atomic E-state index is 12.7. The molecule has 1 aliphatic rings. The molecule has 1 saturated heterocycles. The number of methoxy groups -OCH3 is 1. The van der Waals surface area contributed by atoms with Gasteiger partial charge in [-0.05, 0) is 31.0 Å². The zero-order valence-corrected chi connectivity index (χ0v) is 18.4. The number of rotatable bonds is 10. The highest BCUT2D eigenvalue weighted by atomic mass is 32.2. The van der Waals surface area contributed by atoms with Gasteiger partial charge in [0.15, 0.2) is 4.34 Å². The van der Waals surface area contributed by atoms with Crippen LogP contribution < -0.4 is 10.6 Å². The summed E-state index contributed by atoms with van der Waals surface area (Å²) in [5.41, 5.74) is 0.454. The Labute approximate surface area is 178 Å². The first-order valence-corrected chi connectivity index (χ1v) is 12.3. The van der Waals surface area contributed by atoms with Crippen molar-refractivity contribution in [3.63, 3.8) is 0 Å². The number of hydrogen-bond acceptors (Lipinski definition) is 9. The Hall–Kier alpha value is -1.73. The minimum atomic E-state index is -3.51. The molecule has 12 heteroatoms. The molecule has 0 unspecified atom stereocenters. The smallest absolute Gasteiger partial charge is 0.243 e. The lowest BCUT2D eigenvalue weighted by Crippen LogP contribution is -2.28. The Morgan fingerprint density at radius 1 is 1.31 bits per heavy atom. The third kappa shape index (κ3) is 6.12. The van der Waals surface area contributed by atoms with Crippen molar-refractivity contribution in [3.05, 3.63) is 24.3 Å². The Balaban J connectivity index is 1.53. The minimum Gasteiger partial charge on any atom is -0.383 e. The normalized spacial score (nSPS) is 14.8. The first-order chi connectivity index (χ1) is 14.0. The second kappa shape index (κ2) is 10.3. The highest BCUT2D eigenvalue weighted by molar-refractivity contribution is 8.01. The zero-order valence-electron chi connectivity index (χ0n) is 16.0. The molecule has 0 atom stereocenters. The molecule has 29 heavy (non-hydrogen) atoms. The van der Waals surface area contributed by atoms with E-state index in [1.807, 2.05) is 0 Å². The number of nitrogens with zero attached hydrogens (tertiary/aromatic N) is 3. The second-order valence-corrected chi connectivity index (χ2v) is 10.4. The van der Waals surface area contributed by atoms with Gasteiger partial charge in [-0.2, -0.15) is 4.31 Å². The quantitative estimate of drug-likeness (QED) is 0.412. The van der Waals surface area contributed by atoms with E-state index in [9.17, 15) is 13.2 Å². The van der Waals surface area contributed by atoms with E-state index in [4.69, 9.17) is 4.74 Å². The number of amides is 1. The summed E-state index contributed by atoms with van der Waals surface area (Å²) < 4.78 is 32.4. The van der Waals surface area contributed by atoms with Crippen molar-refractivity contribution < 1.29 is 17.9 Å². The van der Waals surface area contributed by atoms with E-state index in [1.54, 1.807) is 25.3 Å². The summed E-state index contributed by atoms with van der Waals surface area (Å²) in [6, 6.07) is 6.36. The van der Waals surface area contributed by atoms with Crippen molar-refractivity contribution in [1.29, 1.82) is 0 Å². The number of carbonyl (C=O) groups is 1. The monoisotopic (exact) mass is 457 g/mol. The molecular weight excluding hydrogens is 434 g/mol. The van der Waals surface area contributed by atoms with Gasteiger partial charge in [0.25, 0.3) is 0 Å². The van der Waals surface area contributed by atoms with Gasteiger partial charge in [-0.1, -0.05) is 29.2 Å². The fourth-order valence-electron chi connectivity index (χ4n) is 2.74. The number of carbonyl (C=O) groups excluding carboxylic acids is 1. The molecule has 0 saturated carbocycles. The summed E-state index contributed by atoms with van der Waals surface area (Å²) in [4.78, 5) is 12.4. The van der Waals surface area contributed by atoms with Crippen LogP contribution in [0.5, 0.6) is 0 Å². The molecule has 2 N–H and O–H groups in total. The molecule has 1 aromatic heterocycles. The zero-order chi connectivity index (χ0) is 20.7. The molecule has 158 valence electrons. The van der Waals surface area contributed by atoms with Crippen LogP contribution in [0.3, 0.4) is 0 Å². The summed E-state index contributed by atoms with van der Waals surface area (Å²) in [5, 5.41) is 14.5. The van der Waals surface area contributed by atoms with Crippen molar-refractivity contribution in [3.8, 4) is 0 Å². The number of aromatic nitrogens is 2. The predicted octanol–water partition coefficient (Wildman–Crippen LogP) is 2.11. The molecule has 0 bridgehead atoms. The van der Waals surface area contributed by atoms with E-state index >= 15 is 0 Å². The van der Waals surface area contributed by atoms with E-state index in [1.165, 1.54) is 33.5 Å². The van der Waals surface area contributed by atoms with Crippen LogP contribution in [0.25, 0.3) is 0 Å². The van der Waals surface area contributed by atoms with Gasteiger partial charge in [0.1, 0.15) is 0 Å². The van der Waals surface area contributed by atoms with E-state index in [-0.39, 0.29) is 16.6 Å². The van der Waals surface area contributed by atoms with Crippen LogP contribution in [0.4, 0.5) is 10.8 Å². The summed E-state index contributed by atoms with van der Waals surface area (Å²) in [5.74, 6) is -0.0923. The first-order valence-electron chi connectivity index (χ1n) is 9.08. The molecular formula is C17H23N5O4S3. The molecule has 9 nitrogen and oxygen atoms in total. The molecule has 1 aliphatic heterocycles. The molecule has 1 fully saturated rings. The van der Waals surface area contributed by atoms with Crippen LogP contribution in [-0.4, -0.2) is 67.9 Å². The second-order valence-electron chi connectivity index (χ2n) is 6.27. The van der Waals surface area contributed by atoms with Gasteiger partial charge in [-0.3, -0.25) is 4.79 Å². The van der Waals surface area contributed by atoms with Crippen LogP contribution in [0.1, 0.15) is 12.8 Å². The van der Waals surface area contributed by atoms with Gasteiger partial charge in [-0.15, -0.1) is 10.2 Å². The highest BCUT2D eigenvalue weighted by Crippen LogP contribution is 2.26. The standard InChI is InChI=1S/C17H23N5O4S3/c1-26-10-7-18-16-20-21-17(28-16)27-12-15(23)19-13-5-4-6-14(11-13)29(24,25)22-8-2-3-9-22/h4-6,11H,2-3,7-10,12H2,1H3,(H,18,20)(H,19,23). The van der Waals surface area contributed by atoms with Crippen molar-refractivity contribution in [2.24, 2.45) is 0 Å². The Morgan fingerprint density at radius 3 is 2.86 bits per heavy atom. The summed E-state index contributed by atoms with van der Waals surface area (Å²) in [6.07, 6.45) is 1.75. The largest absolute Gasteiger partial charge is 0.383 e. The van der Waals surface area contributed by atoms with Gasteiger partial charge in [0, 0.05) is 32.4 Å². The fraction of sp³-hybridized carbons (Fsp3) is 0.471. The number of thioether (sulfide) groups is 1. The molecule has 1 aromatic carbocycles. The van der Waals surface area contributed by atoms with Gasteiger partial charge >= 0.3 is 0 Å². The summed E-state index contributed by atoms with van der Waals surface area (Å²) >= 11 is 2.63. The van der Waals surface area contributed by atoms with Gasteiger partial charge in [0.05, 0.1) is 17.3 Å². The van der Waals surface area contributed by atoms with Crippen molar-refractivity contribution in [2.45, 2.75) is 22.1 Å². The first kappa shape index (κ1) is 22.0. The minimum absolute atomic E-state index is 0.149. The number of benzene rings is 1. The molecule has 2 aromatic rings.